The van der Waals surface area contributed by atoms with Crippen molar-refractivity contribution in [3.8, 4) is 11.6 Å². The van der Waals surface area contributed by atoms with Crippen LogP contribution in [0.25, 0.3) is 11.4 Å². The van der Waals surface area contributed by atoms with Crippen LogP contribution >= 0.6 is 0 Å². The Balaban J connectivity index is 1.40. The third kappa shape index (κ3) is 5.39. The van der Waals surface area contributed by atoms with Crippen LogP contribution in [-0.2, 0) is 6.42 Å². The van der Waals surface area contributed by atoms with Crippen molar-refractivity contribution in [2.75, 3.05) is 19.7 Å². The molecule has 1 saturated heterocycles. The molecule has 0 saturated carbocycles. The molecular weight excluding hydrogens is 476 g/mol. The molecule has 3 heterocycles. The van der Waals surface area contributed by atoms with Gasteiger partial charge >= 0.3 is 5.97 Å². The highest BCUT2D eigenvalue weighted by molar-refractivity contribution is 5.88. The molecule has 7 nitrogen and oxygen atoms in total. The van der Waals surface area contributed by atoms with Crippen molar-refractivity contribution in [3.63, 3.8) is 0 Å². The zero-order valence-electron chi connectivity index (χ0n) is 22.7. The van der Waals surface area contributed by atoms with Gasteiger partial charge in [-0.2, -0.15) is 5.10 Å². The Hall–Kier alpha value is -3.45. The number of aromatic nitrogens is 3. The SMILES string of the molecule is CCc1cc(OCC2=C(c3cccc(-n4ncc(C(=O)O)c4C)n3)CCCC2C)ccc1C1CCNCC1. The van der Waals surface area contributed by atoms with Crippen molar-refractivity contribution in [1.29, 1.82) is 0 Å². The number of piperidine rings is 1. The summed E-state index contributed by atoms with van der Waals surface area (Å²) in [6.07, 6.45) is 7.98. The van der Waals surface area contributed by atoms with Crippen molar-refractivity contribution in [3.05, 3.63) is 76.2 Å². The molecule has 1 atom stereocenters. The molecule has 38 heavy (non-hydrogen) atoms. The lowest BCUT2D eigenvalue weighted by Gasteiger charge is -2.27. The molecule has 2 aromatic heterocycles. The molecule has 7 heteroatoms. The predicted octanol–water partition coefficient (Wildman–Crippen LogP) is 5.96. The van der Waals surface area contributed by atoms with E-state index in [0.717, 1.165) is 50.2 Å². The lowest BCUT2D eigenvalue weighted by molar-refractivity contribution is 0.0696. The first-order valence-electron chi connectivity index (χ1n) is 13.9. The van der Waals surface area contributed by atoms with Gasteiger partial charge in [0.1, 0.15) is 17.9 Å². The lowest BCUT2D eigenvalue weighted by Crippen LogP contribution is -2.27. The number of carboxylic acid groups (broad SMARTS) is 1. The van der Waals surface area contributed by atoms with E-state index in [1.165, 1.54) is 41.3 Å². The van der Waals surface area contributed by atoms with E-state index < -0.39 is 5.97 Å². The smallest absolute Gasteiger partial charge is 0.339 e. The van der Waals surface area contributed by atoms with Gasteiger partial charge in [0, 0.05) is 0 Å². The van der Waals surface area contributed by atoms with Gasteiger partial charge in [-0.15, -0.1) is 0 Å². The number of benzene rings is 1. The molecular formula is C31H38N4O3. The zero-order chi connectivity index (χ0) is 26.6. The molecule has 2 N–H and O–H groups in total. The van der Waals surface area contributed by atoms with E-state index in [2.05, 4.69) is 42.5 Å². The topological polar surface area (TPSA) is 89.3 Å². The second-order valence-corrected chi connectivity index (χ2v) is 10.6. The van der Waals surface area contributed by atoms with E-state index in [1.54, 1.807) is 11.6 Å². The van der Waals surface area contributed by atoms with Gasteiger partial charge in [0.2, 0.25) is 0 Å². The third-order valence-corrected chi connectivity index (χ3v) is 8.22. The van der Waals surface area contributed by atoms with E-state index in [0.29, 0.717) is 30.0 Å². The molecule has 0 radical (unpaired) electrons. The monoisotopic (exact) mass is 514 g/mol. The summed E-state index contributed by atoms with van der Waals surface area (Å²) in [4.78, 5) is 16.4. The number of aromatic carboxylic acids is 1. The van der Waals surface area contributed by atoms with Gasteiger partial charge in [-0.3, -0.25) is 0 Å². The summed E-state index contributed by atoms with van der Waals surface area (Å²) in [5.41, 5.74) is 7.07. The van der Waals surface area contributed by atoms with Crippen LogP contribution in [-0.4, -0.2) is 45.5 Å². The summed E-state index contributed by atoms with van der Waals surface area (Å²) < 4.78 is 8.04. The molecule has 0 spiro atoms. The Kier molecular flexibility index (Phi) is 7.93. The van der Waals surface area contributed by atoms with Gasteiger partial charge in [-0.1, -0.05) is 26.0 Å². The Morgan fingerprint density at radius 2 is 2.00 bits per heavy atom. The minimum Gasteiger partial charge on any atom is -0.489 e. The van der Waals surface area contributed by atoms with Crippen molar-refractivity contribution in [2.45, 2.75) is 65.2 Å². The average Bonchev–Trinajstić information content (AvgIpc) is 3.34. The van der Waals surface area contributed by atoms with Crippen LogP contribution < -0.4 is 10.1 Å². The van der Waals surface area contributed by atoms with E-state index in [9.17, 15) is 9.90 Å². The lowest BCUT2D eigenvalue weighted by atomic mass is 9.82. The number of ether oxygens (including phenoxy) is 1. The van der Waals surface area contributed by atoms with Crippen LogP contribution in [0.15, 0.2) is 48.2 Å². The van der Waals surface area contributed by atoms with Crippen LogP contribution in [0.1, 0.15) is 84.7 Å². The van der Waals surface area contributed by atoms with E-state index >= 15 is 0 Å². The van der Waals surface area contributed by atoms with Gasteiger partial charge in [-0.05, 0) is 117 Å². The summed E-state index contributed by atoms with van der Waals surface area (Å²) in [6, 6.07) is 12.5. The molecule has 2 aliphatic rings. The fourth-order valence-electron chi connectivity index (χ4n) is 5.97. The number of aryl methyl sites for hydroxylation is 1. The first-order chi connectivity index (χ1) is 18.5. The fraction of sp³-hybridized carbons (Fsp3) is 0.452. The van der Waals surface area contributed by atoms with Gasteiger partial charge in [0.05, 0.1) is 17.6 Å². The molecule has 200 valence electrons. The predicted molar refractivity (Wildman–Crippen MR) is 149 cm³/mol. The fourth-order valence-corrected chi connectivity index (χ4v) is 5.97. The zero-order valence-corrected chi connectivity index (χ0v) is 22.7. The summed E-state index contributed by atoms with van der Waals surface area (Å²) in [5, 5.41) is 17.2. The molecule has 1 fully saturated rings. The second kappa shape index (κ2) is 11.5. The molecule has 1 aliphatic carbocycles. The first-order valence-corrected chi connectivity index (χ1v) is 13.9. The van der Waals surface area contributed by atoms with E-state index in [4.69, 9.17) is 9.72 Å². The van der Waals surface area contributed by atoms with Crippen LogP contribution in [0.3, 0.4) is 0 Å². The van der Waals surface area contributed by atoms with Crippen LogP contribution in [0.4, 0.5) is 0 Å². The molecule has 1 aliphatic heterocycles. The highest BCUT2D eigenvalue weighted by Gasteiger charge is 2.24. The molecule has 1 aromatic carbocycles. The van der Waals surface area contributed by atoms with Crippen molar-refractivity contribution in [1.82, 2.24) is 20.1 Å². The second-order valence-electron chi connectivity index (χ2n) is 10.6. The van der Waals surface area contributed by atoms with Crippen molar-refractivity contribution >= 4 is 11.5 Å². The number of nitrogens with zero attached hydrogens (tertiary/aromatic N) is 3. The molecule has 5 rings (SSSR count). The quantitative estimate of drug-likeness (QED) is 0.386. The highest BCUT2D eigenvalue weighted by atomic mass is 16.5. The third-order valence-electron chi connectivity index (χ3n) is 8.22. The standard InChI is InChI=1S/C31H38N4O3/c1-4-22-17-24(11-12-25(22)23-13-15-32-16-14-23)38-19-28-20(2)7-5-8-26(28)29-9-6-10-30(34-29)35-21(3)27(18-33-35)31(36)37/h6,9-12,17-18,20,23,32H,4-5,7-8,13-16,19H2,1-3H3,(H,36,37). The normalized spacial score (nSPS) is 18.6. The number of allylic oxidation sites excluding steroid dienone is 1. The number of carboxylic acids is 1. The van der Waals surface area contributed by atoms with Crippen LogP contribution in [0.2, 0.25) is 0 Å². The van der Waals surface area contributed by atoms with Gasteiger partial charge < -0.3 is 15.2 Å². The minimum atomic E-state index is -0.983. The highest BCUT2D eigenvalue weighted by Crippen LogP contribution is 2.37. The Morgan fingerprint density at radius 3 is 2.74 bits per heavy atom. The summed E-state index contributed by atoms with van der Waals surface area (Å²) in [6.45, 7) is 8.99. The summed E-state index contributed by atoms with van der Waals surface area (Å²) in [7, 11) is 0. The number of rotatable bonds is 8. The maximum Gasteiger partial charge on any atom is 0.339 e. The van der Waals surface area contributed by atoms with Crippen LogP contribution in [0, 0.1) is 12.8 Å². The largest absolute Gasteiger partial charge is 0.489 e. The number of pyridine rings is 1. The molecule has 3 aromatic rings. The van der Waals surface area contributed by atoms with Crippen molar-refractivity contribution in [2.24, 2.45) is 5.92 Å². The van der Waals surface area contributed by atoms with Crippen LogP contribution in [0.5, 0.6) is 5.75 Å². The molecule has 1 unspecified atom stereocenters. The average molecular weight is 515 g/mol. The number of hydrogen-bond acceptors (Lipinski definition) is 5. The maximum absolute atomic E-state index is 11.5. The minimum absolute atomic E-state index is 0.189. The number of nitrogens with one attached hydrogen (secondary N) is 1. The van der Waals surface area contributed by atoms with Gasteiger partial charge in [-0.25, -0.2) is 14.5 Å². The van der Waals surface area contributed by atoms with Crippen molar-refractivity contribution < 1.29 is 14.6 Å². The van der Waals surface area contributed by atoms with Gasteiger partial charge in [0.15, 0.2) is 5.82 Å². The number of carbonyl (C=O) groups is 1. The molecule has 0 bridgehead atoms. The van der Waals surface area contributed by atoms with E-state index in [1.807, 2.05) is 18.2 Å². The maximum atomic E-state index is 11.5. The molecule has 0 amide bonds. The van der Waals surface area contributed by atoms with E-state index in [-0.39, 0.29) is 5.56 Å². The summed E-state index contributed by atoms with van der Waals surface area (Å²) in [5.74, 6) is 1.62. The Bertz CT molecular complexity index is 1340. The number of hydrogen-bond donors (Lipinski definition) is 2. The summed E-state index contributed by atoms with van der Waals surface area (Å²) >= 11 is 0. The van der Waals surface area contributed by atoms with Gasteiger partial charge in [0.25, 0.3) is 0 Å². The first kappa shape index (κ1) is 26.2. The Morgan fingerprint density at radius 1 is 1.18 bits per heavy atom. The Labute approximate surface area is 224 Å².